The highest BCUT2D eigenvalue weighted by molar-refractivity contribution is 7.98. The van der Waals surface area contributed by atoms with Crippen molar-refractivity contribution in [2.75, 3.05) is 6.26 Å². The van der Waals surface area contributed by atoms with Crippen molar-refractivity contribution in [3.05, 3.63) is 94.4 Å². The van der Waals surface area contributed by atoms with Crippen molar-refractivity contribution in [3.63, 3.8) is 0 Å². The lowest BCUT2D eigenvalue weighted by Crippen LogP contribution is -2.36. The van der Waals surface area contributed by atoms with E-state index in [0.717, 1.165) is 32.2 Å². The summed E-state index contributed by atoms with van der Waals surface area (Å²) in [6, 6.07) is 23.6. The summed E-state index contributed by atoms with van der Waals surface area (Å²) in [6.45, 7) is 0.464. The highest BCUT2D eigenvalue weighted by Crippen LogP contribution is 2.28. The van der Waals surface area contributed by atoms with Crippen LogP contribution < -0.4 is 32.4 Å². The first-order valence-electron chi connectivity index (χ1n) is 8.55. The second-order valence-corrected chi connectivity index (χ2v) is 6.93. The van der Waals surface area contributed by atoms with Crippen LogP contribution in [0.1, 0.15) is 11.1 Å². The molecule has 0 aliphatic rings. The molecule has 0 aromatic heterocycles. The maximum Gasteiger partial charge on any atom is 0.130 e. The molecule has 3 aromatic carbocycles. The van der Waals surface area contributed by atoms with Crippen LogP contribution in [0, 0.1) is 0 Å². The van der Waals surface area contributed by atoms with Gasteiger partial charge in [-0.15, -0.1) is 11.8 Å². The van der Waals surface area contributed by atoms with Gasteiger partial charge in [0, 0.05) is 20.9 Å². The van der Waals surface area contributed by atoms with E-state index in [0.29, 0.717) is 12.3 Å². The Hall–Kier alpha value is -3.05. The van der Waals surface area contributed by atoms with Crippen LogP contribution in [0.2, 0.25) is 0 Å². The van der Waals surface area contributed by atoms with Gasteiger partial charge in [0.1, 0.15) is 18.2 Å². The standard InChI is InChI=1S/C22H23N3OS/c1-27-16-11-12-19(20(13-16)26-14-15-7-3-2-4-8-15)21(23)17-9-5-6-10-18(17)22(24)25/h2-13H,14,23-25H2,1H3/b21-17-. The SMILES string of the molecule is CSc1ccc(/C(N)=c2\ccccc2=C(N)N)c(OCc2ccccc2)c1. The van der Waals surface area contributed by atoms with Gasteiger partial charge in [0.05, 0.1) is 5.70 Å². The monoisotopic (exact) mass is 377 g/mol. The topological polar surface area (TPSA) is 87.3 Å². The van der Waals surface area contributed by atoms with Crippen LogP contribution in [-0.4, -0.2) is 6.26 Å². The van der Waals surface area contributed by atoms with Crippen molar-refractivity contribution in [1.29, 1.82) is 0 Å². The summed E-state index contributed by atoms with van der Waals surface area (Å²) in [7, 11) is 0. The Labute approximate surface area is 163 Å². The van der Waals surface area contributed by atoms with Crippen LogP contribution >= 0.6 is 11.8 Å². The first-order chi connectivity index (χ1) is 13.1. The molecule has 3 aromatic rings. The number of nitrogens with two attached hydrogens (primary N) is 3. The number of rotatable bonds is 5. The molecule has 138 valence electrons. The molecular formula is C22H23N3OS. The fourth-order valence-corrected chi connectivity index (χ4v) is 3.25. The van der Waals surface area contributed by atoms with E-state index >= 15 is 0 Å². The van der Waals surface area contributed by atoms with Gasteiger partial charge in [-0.05, 0) is 30.0 Å². The zero-order chi connectivity index (χ0) is 19.2. The van der Waals surface area contributed by atoms with Gasteiger partial charge in [-0.2, -0.15) is 0 Å². The lowest BCUT2D eigenvalue weighted by atomic mass is 10.1. The minimum Gasteiger partial charge on any atom is -0.488 e. The molecule has 5 heteroatoms. The van der Waals surface area contributed by atoms with Crippen molar-refractivity contribution in [2.45, 2.75) is 11.5 Å². The minimum absolute atomic E-state index is 0.237. The highest BCUT2D eigenvalue weighted by atomic mass is 32.2. The van der Waals surface area contributed by atoms with Crippen LogP contribution in [0.4, 0.5) is 0 Å². The molecule has 3 rings (SSSR count). The van der Waals surface area contributed by atoms with Gasteiger partial charge in [-0.25, -0.2) is 0 Å². The summed E-state index contributed by atoms with van der Waals surface area (Å²) >= 11 is 1.65. The predicted octanol–water partition coefficient (Wildman–Crippen LogP) is 2.09. The predicted molar refractivity (Wildman–Crippen MR) is 113 cm³/mol. The molecule has 0 aliphatic heterocycles. The zero-order valence-corrected chi connectivity index (χ0v) is 16.0. The van der Waals surface area contributed by atoms with Gasteiger partial charge >= 0.3 is 0 Å². The number of ether oxygens (including phenoxy) is 1. The molecule has 0 saturated carbocycles. The van der Waals surface area contributed by atoms with E-state index in [1.165, 1.54) is 0 Å². The lowest BCUT2D eigenvalue weighted by molar-refractivity contribution is 0.304. The highest BCUT2D eigenvalue weighted by Gasteiger charge is 2.10. The first-order valence-corrected chi connectivity index (χ1v) is 9.78. The largest absolute Gasteiger partial charge is 0.488 e. The summed E-state index contributed by atoms with van der Waals surface area (Å²) in [6.07, 6.45) is 2.03. The van der Waals surface area contributed by atoms with Gasteiger partial charge in [0.25, 0.3) is 0 Å². The van der Waals surface area contributed by atoms with Gasteiger partial charge in [0.15, 0.2) is 0 Å². The van der Waals surface area contributed by atoms with Crippen LogP contribution in [-0.2, 0) is 6.61 Å². The van der Waals surface area contributed by atoms with E-state index in [-0.39, 0.29) is 5.82 Å². The van der Waals surface area contributed by atoms with E-state index < -0.39 is 0 Å². The molecular weight excluding hydrogens is 354 g/mol. The second kappa shape index (κ2) is 8.56. The molecule has 0 aliphatic carbocycles. The van der Waals surface area contributed by atoms with Crippen molar-refractivity contribution >= 4 is 23.3 Å². The summed E-state index contributed by atoms with van der Waals surface area (Å²) in [4.78, 5) is 1.10. The van der Waals surface area contributed by atoms with Crippen molar-refractivity contribution in [2.24, 2.45) is 17.2 Å². The first kappa shape index (κ1) is 18.7. The molecule has 4 nitrogen and oxygen atoms in total. The Morgan fingerprint density at radius 3 is 2.19 bits per heavy atom. The maximum absolute atomic E-state index is 6.52. The Bertz CT molecular complexity index is 1040. The van der Waals surface area contributed by atoms with Gasteiger partial charge < -0.3 is 21.9 Å². The normalized spacial score (nSPS) is 11.7. The Kier molecular flexibility index (Phi) is 5.94. The number of hydrogen-bond acceptors (Lipinski definition) is 5. The summed E-state index contributed by atoms with van der Waals surface area (Å²) < 4.78 is 6.13. The Morgan fingerprint density at radius 2 is 1.52 bits per heavy atom. The van der Waals surface area contributed by atoms with Gasteiger partial charge in [-0.3, -0.25) is 0 Å². The minimum atomic E-state index is 0.237. The molecule has 0 bridgehead atoms. The van der Waals surface area contributed by atoms with Crippen molar-refractivity contribution in [1.82, 2.24) is 0 Å². The molecule has 6 N–H and O–H groups in total. The van der Waals surface area contributed by atoms with E-state index in [2.05, 4.69) is 0 Å². The zero-order valence-electron chi connectivity index (χ0n) is 15.2. The fraction of sp³-hybridized carbons (Fsp3) is 0.0909. The molecule has 27 heavy (non-hydrogen) atoms. The maximum atomic E-state index is 6.52. The molecule has 0 saturated heterocycles. The number of hydrogen-bond donors (Lipinski definition) is 3. The second-order valence-electron chi connectivity index (χ2n) is 6.05. The van der Waals surface area contributed by atoms with E-state index in [1.807, 2.05) is 79.1 Å². The molecule has 0 radical (unpaired) electrons. The number of thioether (sulfide) groups is 1. The van der Waals surface area contributed by atoms with E-state index in [9.17, 15) is 0 Å². The quantitative estimate of drug-likeness (QED) is 0.593. The molecule has 0 fully saturated rings. The van der Waals surface area contributed by atoms with E-state index in [1.54, 1.807) is 11.8 Å². The van der Waals surface area contributed by atoms with Crippen LogP contribution in [0.5, 0.6) is 5.75 Å². The van der Waals surface area contributed by atoms with Crippen LogP contribution in [0.15, 0.2) is 77.7 Å². The molecule has 0 atom stereocenters. The smallest absolute Gasteiger partial charge is 0.130 e. The third-order valence-electron chi connectivity index (χ3n) is 4.24. The third kappa shape index (κ3) is 4.38. The van der Waals surface area contributed by atoms with Gasteiger partial charge in [-0.1, -0.05) is 54.6 Å². The third-order valence-corrected chi connectivity index (χ3v) is 4.97. The fourth-order valence-electron chi connectivity index (χ4n) is 2.82. The Morgan fingerprint density at radius 1 is 0.852 bits per heavy atom. The lowest BCUT2D eigenvalue weighted by Gasteiger charge is -2.14. The number of benzene rings is 3. The summed E-state index contributed by atoms with van der Waals surface area (Å²) in [5.41, 5.74) is 20.7. The molecule has 0 amide bonds. The average molecular weight is 378 g/mol. The summed E-state index contributed by atoms with van der Waals surface area (Å²) in [5, 5.41) is 1.51. The van der Waals surface area contributed by atoms with E-state index in [4.69, 9.17) is 21.9 Å². The average Bonchev–Trinajstić information content (AvgIpc) is 2.72. The van der Waals surface area contributed by atoms with Crippen molar-refractivity contribution in [3.8, 4) is 5.75 Å². The van der Waals surface area contributed by atoms with Crippen LogP contribution in [0.3, 0.4) is 0 Å². The van der Waals surface area contributed by atoms with Gasteiger partial charge in [0.2, 0.25) is 0 Å². The van der Waals surface area contributed by atoms with Crippen molar-refractivity contribution < 1.29 is 4.74 Å². The summed E-state index contributed by atoms with van der Waals surface area (Å²) in [5.74, 6) is 0.967. The van der Waals surface area contributed by atoms with Crippen LogP contribution in [0.25, 0.3) is 11.5 Å². The molecule has 0 spiro atoms. The molecule has 0 unspecified atom stereocenters. The Balaban J connectivity index is 2.11. The molecule has 0 heterocycles.